The number of rotatable bonds is 6. The largest absolute Gasteiger partial charge is 0.369 e. The molecule has 0 saturated heterocycles. The molecular weight excluding hydrogens is 256 g/mol. The zero-order valence-electron chi connectivity index (χ0n) is 8.54. The fourth-order valence-corrected chi connectivity index (χ4v) is 1.69. The Kier molecular flexibility index (Phi) is 3.91. The van der Waals surface area contributed by atoms with Crippen LogP contribution >= 0.6 is 15.9 Å². The lowest BCUT2D eigenvalue weighted by Gasteiger charge is -2.06. The molecule has 0 aromatic carbocycles. The molecule has 15 heavy (non-hydrogen) atoms. The van der Waals surface area contributed by atoms with E-state index in [-0.39, 0.29) is 0 Å². The quantitative estimate of drug-likeness (QED) is 0.774. The summed E-state index contributed by atoms with van der Waals surface area (Å²) in [7, 11) is 0. The molecule has 1 heterocycles. The normalized spacial score (nSPS) is 15.3. The lowest BCUT2D eigenvalue weighted by Crippen LogP contribution is -2.20. The lowest BCUT2D eigenvalue weighted by atomic mass is 10.4. The van der Waals surface area contributed by atoms with Crippen LogP contribution in [0, 0.1) is 0 Å². The highest BCUT2D eigenvalue weighted by molar-refractivity contribution is 9.10. The molecule has 2 N–H and O–H groups in total. The van der Waals surface area contributed by atoms with Crippen LogP contribution in [0.4, 0.5) is 5.82 Å². The number of nitrogens with one attached hydrogen (secondary N) is 2. The summed E-state index contributed by atoms with van der Waals surface area (Å²) in [5.74, 6) is 0.872. The summed E-state index contributed by atoms with van der Waals surface area (Å²) in [6.45, 7) is 2.02. The number of aromatic nitrogens is 2. The van der Waals surface area contributed by atoms with E-state index in [2.05, 4.69) is 36.5 Å². The molecule has 1 aliphatic carbocycles. The fourth-order valence-electron chi connectivity index (χ4n) is 1.33. The van der Waals surface area contributed by atoms with Crippen LogP contribution in [0.1, 0.15) is 19.3 Å². The molecule has 0 atom stereocenters. The first kappa shape index (κ1) is 10.8. The van der Waals surface area contributed by atoms with E-state index in [4.69, 9.17) is 0 Å². The lowest BCUT2D eigenvalue weighted by molar-refractivity contribution is 0.658. The van der Waals surface area contributed by atoms with E-state index < -0.39 is 0 Å². The van der Waals surface area contributed by atoms with Gasteiger partial charge in [0.1, 0.15) is 12.1 Å². The maximum atomic E-state index is 4.13. The molecule has 0 spiro atoms. The van der Waals surface area contributed by atoms with E-state index in [1.807, 2.05) is 0 Å². The molecule has 0 radical (unpaired) electrons. The first-order valence-electron chi connectivity index (χ1n) is 5.29. The molecule has 1 aliphatic rings. The topological polar surface area (TPSA) is 49.8 Å². The van der Waals surface area contributed by atoms with Gasteiger partial charge in [0.15, 0.2) is 0 Å². The maximum Gasteiger partial charge on any atom is 0.143 e. The molecule has 2 rings (SSSR count). The first-order valence-corrected chi connectivity index (χ1v) is 6.08. The second kappa shape index (κ2) is 5.42. The van der Waals surface area contributed by atoms with Crippen molar-refractivity contribution in [3.63, 3.8) is 0 Å². The van der Waals surface area contributed by atoms with Crippen molar-refractivity contribution in [2.75, 3.05) is 18.4 Å². The van der Waals surface area contributed by atoms with Crippen molar-refractivity contribution in [2.45, 2.75) is 25.3 Å². The van der Waals surface area contributed by atoms with Crippen molar-refractivity contribution in [3.05, 3.63) is 17.0 Å². The smallest absolute Gasteiger partial charge is 0.143 e. The summed E-state index contributed by atoms with van der Waals surface area (Å²) < 4.78 is 0.917. The van der Waals surface area contributed by atoms with Crippen molar-refractivity contribution >= 4 is 21.7 Å². The summed E-state index contributed by atoms with van der Waals surface area (Å²) in [5.41, 5.74) is 0. The van der Waals surface area contributed by atoms with Gasteiger partial charge in [-0.05, 0) is 41.7 Å². The molecule has 82 valence electrons. The van der Waals surface area contributed by atoms with Gasteiger partial charge in [0.25, 0.3) is 0 Å². The minimum atomic E-state index is 0.802. The van der Waals surface area contributed by atoms with Crippen molar-refractivity contribution in [2.24, 2.45) is 0 Å². The van der Waals surface area contributed by atoms with Crippen LogP contribution in [0.5, 0.6) is 0 Å². The Morgan fingerprint density at radius 3 is 3.00 bits per heavy atom. The summed E-state index contributed by atoms with van der Waals surface area (Å²) >= 11 is 3.40. The van der Waals surface area contributed by atoms with E-state index in [9.17, 15) is 0 Å². The Morgan fingerprint density at radius 1 is 1.40 bits per heavy atom. The van der Waals surface area contributed by atoms with E-state index in [1.54, 1.807) is 12.5 Å². The molecular formula is C10H15BrN4. The second-order valence-corrected chi connectivity index (χ2v) is 4.58. The predicted molar refractivity (Wildman–Crippen MR) is 63.9 cm³/mol. The van der Waals surface area contributed by atoms with E-state index >= 15 is 0 Å². The third kappa shape index (κ3) is 3.76. The third-order valence-electron chi connectivity index (χ3n) is 2.32. The number of nitrogens with zero attached hydrogens (tertiary/aromatic N) is 2. The fraction of sp³-hybridized carbons (Fsp3) is 0.600. The highest BCUT2D eigenvalue weighted by Crippen LogP contribution is 2.18. The van der Waals surface area contributed by atoms with E-state index in [0.29, 0.717) is 0 Å². The van der Waals surface area contributed by atoms with E-state index in [1.165, 1.54) is 12.8 Å². The van der Waals surface area contributed by atoms with Gasteiger partial charge in [0, 0.05) is 18.8 Å². The third-order valence-corrected chi connectivity index (χ3v) is 2.90. The van der Waals surface area contributed by atoms with Crippen LogP contribution in [0.25, 0.3) is 0 Å². The zero-order valence-corrected chi connectivity index (χ0v) is 10.1. The van der Waals surface area contributed by atoms with Crippen molar-refractivity contribution < 1.29 is 0 Å². The monoisotopic (exact) mass is 270 g/mol. The van der Waals surface area contributed by atoms with Gasteiger partial charge in [0.05, 0.1) is 4.47 Å². The van der Waals surface area contributed by atoms with Gasteiger partial charge < -0.3 is 10.6 Å². The van der Waals surface area contributed by atoms with Crippen LogP contribution in [0.15, 0.2) is 17.0 Å². The van der Waals surface area contributed by atoms with E-state index in [0.717, 1.165) is 35.8 Å². The Morgan fingerprint density at radius 2 is 2.27 bits per heavy atom. The summed E-state index contributed by atoms with van der Waals surface area (Å²) in [6.07, 6.45) is 7.12. The Bertz CT molecular complexity index is 314. The molecule has 1 saturated carbocycles. The minimum Gasteiger partial charge on any atom is -0.369 e. The van der Waals surface area contributed by atoms with Crippen LogP contribution in [0.3, 0.4) is 0 Å². The van der Waals surface area contributed by atoms with Crippen molar-refractivity contribution in [3.8, 4) is 0 Å². The van der Waals surface area contributed by atoms with Crippen LogP contribution in [0.2, 0.25) is 0 Å². The molecule has 0 aliphatic heterocycles. The molecule has 1 fully saturated rings. The summed E-state index contributed by atoms with van der Waals surface area (Å²) in [5, 5.41) is 6.74. The number of hydrogen-bond donors (Lipinski definition) is 2. The van der Waals surface area contributed by atoms with Gasteiger partial charge in [-0.2, -0.15) is 0 Å². The summed E-state index contributed by atoms with van der Waals surface area (Å²) in [4.78, 5) is 8.04. The molecule has 1 aromatic rings. The Balaban J connectivity index is 1.62. The highest BCUT2D eigenvalue weighted by atomic mass is 79.9. The Labute approximate surface area is 98.0 Å². The van der Waals surface area contributed by atoms with Crippen LogP contribution < -0.4 is 10.6 Å². The molecule has 5 heteroatoms. The van der Waals surface area contributed by atoms with Crippen LogP contribution in [-0.2, 0) is 0 Å². The molecule has 0 amide bonds. The molecule has 1 aromatic heterocycles. The average molecular weight is 271 g/mol. The van der Waals surface area contributed by atoms with Gasteiger partial charge in [-0.25, -0.2) is 9.97 Å². The van der Waals surface area contributed by atoms with Gasteiger partial charge in [-0.3, -0.25) is 0 Å². The summed E-state index contributed by atoms with van der Waals surface area (Å²) in [6, 6.07) is 0.802. The SMILES string of the molecule is Brc1cncnc1NCCCNC1CC1. The second-order valence-electron chi connectivity index (χ2n) is 3.73. The van der Waals surface area contributed by atoms with Gasteiger partial charge in [0.2, 0.25) is 0 Å². The molecule has 4 nitrogen and oxygen atoms in total. The zero-order chi connectivity index (χ0) is 10.5. The predicted octanol–water partition coefficient (Wildman–Crippen LogP) is 1.79. The highest BCUT2D eigenvalue weighted by Gasteiger charge is 2.19. The van der Waals surface area contributed by atoms with Crippen molar-refractivity contribution in [1.29, 1.82) is 0 Å². The maximum absolute atomic E-state index is 4.13. The van der Waals surface area contributed by atoms with Gasteiger partial charge >= 0.3 is 0 Å². The Hall–Kier alpha value is -0.680. The number of anilines is 1. The standard InChI is InChI=1S/C10H15BrN4/c11-9-6-12-7-15-10(9)14-5-1-4-13-8-2-3-8/h6-8,13H,1-5H2,(H,12,14,15). The first-order chi connectivity index (χ1) is 7.36. The molecule has 0 unspecified atom stereocenters. The van der Waals surface area contributed by atoms with Crippen molar-refractivity contribution in [1.82, 2.24) is 15.3 Å². The van der Waals surface area contributed by atoms with Crippen LogP contribution in [-0.4, -0.2) is 29.1 Å². The minimum absolute atomic E-state index is 0.802. The molecule has 0 bridgehead atoms. The number of halogens is 1. The number of hydrogen-bond acceptors (Lipinski definition) is 4. The average Bonchev–Trinajstić information content (AvgIpc) is 3.04. The van der Waals surface area contributed by atoms with Gasteiger partial charge in [-0.15, -0.1) is 0 Å². The van der Waals surface area contributed by atoms with Gasteiger partial charge in [-0.1, -0.05) is 0 Å².